The summed E-state index contributed by atoms with van der Waals surface area (Å²) in [6, 6.07) is 8.09. The Bertz CT molecular complexity index is 622. The SMILES string of the molecule is CCc1ccc(NC(=NCCCn2ccnc2)NC#N)cc1. The molecule has 114 valence electrons. The first kappa shape index (κ1) is 15.6. The van der Waals surface area contributed by atoms with E-state index >= 15 is 0 Å². The molecule has 0 aliphatic carbocycles. The molecule has 22 heavy (non-hydrogen) atoms. The second kappa shape index (κ2) is 8.47. The van der Waals surface area contributed by atoms with Gasteiger partial charge < -0.3 is 9.88 Å². The van der Waals surface area contributed by atoms with Crippen LogP contribution in [0.25, 0.3) is 0 Å². The summed E-state index contributed by atoms with van der Waals surface area (Å²) in [7, 11) is 0. The summed E-state index contributed by atoms with van der Waals surface area (Å²) in [6.07, 6.45) is 9.25. The summed E-state index contributed by atoms with van der Waals surface area (Å²) in [6.45, 7) is 3.60. The Labute approximate surface area is 130 Å². The van der Waals surface area contributed by atoms with E-state index in [4.69, 9.17) is 5.26 Å². The molecule has 0 aliphatic rings. The van der Waals surface area contributed by atoms with Crippen LogP contribution >= 0.6 is 0 Å². The van der Waals surface area contributed by atoms with Crippen LogP contribution in [-0.4, -0.2) is 22.1 Å². The molecular weight excluding hydrogens is 276 g/mol. The van der Waals surface area contributed by atoms with Crippen molar-refractivity contribution in [2.45, 2.75) is 26.3 Å². The van der Waals surface area contributed by atoms with Crippen LogP contribution in [0.5, 0.6) is 0 Å². The third-order valence-electron chi connectivity index (χ3n) is 3.20. The number of hydrogen-bond donors (Lipinski definition) is 2. The minimum atomic E-state index is 0.470. The number of aromatic nitrogens is 2. The number of benzene rings is 1. The first-order chi connectivity index (χ1) is 10.8. The summed E-state index contributed by atoms with van der Waals surface area (Å²) in [5, 5.41) is 14.5. The predicted octanol–water partition coefficient (Wildman–Crippen LogP) is 2.37. The van der Waals surface area contributed by atoms with E-state index in [0.29, 0.717) is 12.5 Å². The molecule has 6 heteroatoms. The Morgan fingerprint density at radius 3 is 2.82 bits per heavy atom. The molecule has 2 rings (SSSR count). The zero-order chi connectivity index (χ0) is 15.6. The highest BCUT2D eigenvalue weighted by molar-refractivity contribution is 5.94. The third-order valence-corrected chi connectivity index (χ3v) is 3.20. The number of imidazole rings is 1. The monoisotopic (exact) mass is 296 g/mol. The number of nitrogens with zero attached hydrogens (tertiary/aromatic N) is 4. The van der Waals surface area contributed by atoms with Crippen molar-refractivity contribution in [3.05, 3.63) is 48.5 Å². The molecule has 0 fully saturated rings. The van der Waals surface area contributed by atoms with Crippen LogP contribution in [0.15, 0.2) is 48.0 Å². The van der Waals surface area contributed by atoms with Gasteiger partial charge in [-0.05, 0) is 30.5 Å². The highest BCUT2D eigenvalue weighted by atomic mass is 15.2. The topological polar surface area (TPSA) is 78.0 Å². The van der Waals surface area contributed by atoms with Crippen molar-refractivity contribution >= 4 is 11.6 Å². The maximum Gasteiger partial charge on any atom is 0.209 e. The quantitative estimate of drug-likeness (QED) is 0.282. The van der Waals surface area contributed by atoms with Crippen molar-refractivity contribution in [3.63, 3.8) is 0 Å². The van der Waals surface area contributed by atoms with Crippen LogP contribution in [-0.2, 0) is 13.0 Å². The molecule has 0 amide bonds. The van der Waals surface area contributed by atoms with Gasteiger partial charge in [0.05, 0.1) is 6.33 Å². The van der Waals surface area contributed by atoms with Crippen LogP contribution in [0.2, 0.25) is 0 Å². The number of nitriles is 1. The van der Waals surface area contributed by atoms with Crippen LogP contribution in [0.1, 0.15) is 18.9 Å². The second-order valence-corrected chi connectivity index (χ2v) is 4.80. The Morgan fingerprint density at radius 1 is 1.36 bits per heavy atom. The Hall–Kier alpha value is -2.81. The molecular formula is C16H20N6. The molecule has 1 aromatic heterocycles. The van der Waals surface area contributed by atoms with Crippen LogP contribution in [0, 0.1) is 11.5 Å². The fourth-order valence-corrected chi connectivity index (χ4v) is 1.99. The normalized spacial score (nSPS) is 11.0. The predicted molar refractivity (Wildman–Crippen MR) is 87.3 cm³/mol. The van der Waals surface area contributed by atoms with Crippen molar-refractivity contribution in [2.24, 2.45) is 4.99 Å². The number of aliphatic imine (C=N–C) groups is 1. The maximum absolute atomic E-state index is 8.81. The minimum Gasteiger partial charge on any atom is -0.337 e. The van der Waals surface area contributed by atoms with E-state index in [2.05, 4.69) is 39.7 Å². The van der Waals surface area contributed by atoms with E-state index < -0.39 is 0 Å². The average molecular weight is 296 g/mol. The molecule has 0 aliphatic heterocycles. The minimum absolute atomic E-state index is 0.470. The molecule has 0 unspecified atom stereocenters. The molecule has 1 aromatic carbocycles. The largest absolute Gasteiger partial charge is 0.337 e. The Morgan fingerprint density at radius 2 is 2.18 bits per heavy atom. The maximum atomic E-state index is 8.81. The van der Waals surface area contributed by atoms with Gasteiger partial charge in [0.1, 0.15) is 0 Å². The fraction of sp³-hybridized carbons (Fsp3) is 0.312. The van der Waals surface area contributed by atoms with Gasteiger partial charge >= 0.3 is 0 Å². The zero-order valence-electron chi connectivity index (χ0n) is 12.7. The summed E-state index contributed by atoms with van der Waals surface area (Å²) < 4.78 is 2.00. The molecule has 1 heterocycles. The zero-order valence-corrected chi connectivity index (χ0v) is 12.7. The van der Waals surface area contributed by atoms with Gasteiger partial charge in [-0.2, -0.15) is 5.26 Å². The number of guanidine groups is 1. The highest BCUT2D eigenvalue weighted by Gasteiger charge is 1.99. The number of nitrogens with one attached hydrogen (secondary N) is 2. The van der Waals surface area contributed by atoms with Gasteiger partial charge in [0, 0.05) is 31.2 Å². The molecule has 2 aromatic rings. The van der Waals surface area contributed by atoms with Crippen LogP contribution in [0.4, 0.5) is 5.69 Å². The lowest BCUT2D eigenvalue weighted by Gasteiger charge is -2.09. The summed E-state index contributed by atoms with van der Waals surface area (Å²) in [4.78, 5) is 8.38. The van der Waals surface area contributed by atoms with Gasteiger partial charge in [-0.3, -0.25) is 10.3 Å². The standard InChI is InChI=1S/C16H20N6/c1-2-14-4-6-15(7-5-14)21-16(20-12-17)19-8-3-10-22-11-9-18-13-22/h4-7,9,11,13H,2-3,8,10H2,1H3,(H2,19,20,21). The van der Waals surface area contributed by atoms with E-state index in [-0.39, 0.29) is 0 Å². The Balaban J connectivity index is 1.87. The molecule has 6 nitrogen and oxygen atoms in total. The summed E-state index contributed by atoms with van der Waals surface area (Å²) in [5.74, 6) is 0.470. The summed E-state index contributed by atoms with van der Waals surface area (Å²) >= 11 is 0. The number of anilines is 1. The molecule has 0 saturated heterocycles. The van der Waals surface area contributed by atoms with Crippen molar-refractivity contribution in [1.29, 1.82) is 5.26 Å². The van der Waals surface area contributed by atoms with E-state index in [0.717, 1.165) is 25.1 Å². The smallest absolute Gasteiger partial charge is 0.209 e. The molecule has 0 atom stereocenters. The number of hydrogen-bond acceptors (Lipinski definition) is 3. The Kier molecular flexibility index (Phi) is 6.00. The van der Waals surface area contributed by atoms with E-state index in [1.165, 1.54) is 5.56 Å². The van der Waals surface area contributed by atoms with Crippen LogP contribution < -0.4 is 10.6 Å². The summed E-state index contributed by atoms with van der Waals surface area (Å²) in [5.41, 5.74) is 2.19. The van der Waals surface area contributed by atoms with Crippen molar-refractivity contribution in [2.75, 3.05) is 11.9 Å². The second-order valence-electron chi connectivity index (χ2n) is 4.80. The lowest BCUT2D eigenvalue weighted by Crippen LogP contribution is -2.27. The van der Waals surface area contributed by atoms with Gasteiger partial charge in [0.15, 0.2) is 6.19 Å². The molecule has 0 radical (unpaired) electrons. The first-order valence-corrected chi connectivity index (χ1v) is 7.33. The highest BCUT2D eigenvalue weighted by Crippen LogP contribution is 2.09. The lowest BCUT2D eigenvalue weighted by atomic mass is 10.1. The van der Waals surface area contributed by atoms with Gasteiger partial charge in [-0.1, -0.05) is 19.1 Å². The first-order valence-electron chi connectivity index (χ1n) is 7.33. The molecule has 0 spiro atoms. The molecule has 2 N–H and O–H groups in total. The van der Waals surface area contributed by atoms with Gasteiger partial charge in [0.25, 0.3) is 0 Å². The van der Waals surface area contributed by atoms with Gasteiger partial charge in [0.2, 0.25) is 5.96 Å². The number of aryl methyl sites for hydroxylation is 2. The van der Waals surface area contributed by atoms with Crippen LogP contribution in [0.3, 0.4) is 0 Å². The van der Waals surface area contributed by atoms with Crippen molar-refractivity contribution in [1.82, 2.24) is 14.9 Å². The number of rotatable bonds is 6. The van der Waals surface area contributed by atoms with Crippen molar-refractivity contribution < 1.29 is 0 Å². The lowest BCUT2D eigenvalue weighted by molar-refractivity contribution is 0.650. The van der Waals surface area contributed by atoms with Gasteiger partial charge in [-0.25, -0.2) is 4.98 Å². The van der Waals surface area contributed by atoms with E-state index in [1.54, 1.807) is 12.5 Å². The molecule has 0 bridgehead atoms. The van der Waals surface area contributed by atoms with E-state index in [9.17, 15) is 0 Å². The fourth-order valence-electron chi connectivity index (χ4n) is 1.99. The van der Waals surface area contributed by atoms with Gasteiger partial charge in [-0.15, -0.1) is 0 Å². The molecule has 0 saturated carbocycles. The average Bonchev–Trinajstić information content (AvgIpc) is 3.06. The third kappa shape index (κ3) is 4.94. The van der Waals surface area contributed by atoms with Crippen molar-refractivity contribution in [3.8, 4) is 6.19 Å². The van der Waals surface area contributed by atoms with E-state index in [1.807, 2.05) is 29.1 Å².